The topological polar surface area (TPSA) is 81.1 Å². The highest BCUT2D eigenvalue weighted by Crippen LogP contribution is 2.23. The molecule has 0 aliphatic heterocycles. The zero-order chi connectivity index (χ0) is 13.0. The van der Waals surface area contributed by atoms with Gasteiger partial charge in [0.15, 0.2) is 0 Å². The Morgan fingerprint density at radius 3 is 2.94 bits per heavy atom. The number of hydrogen-bond donors (Lipinski definition) is 2. The molecule has 2 atom stereocenters. The van der Waals surface area contributed by atoms with E-state index in [0.717, 1.165) is 37.1 Å². The Hall–Kier alpha value is -1.36. The van der Waals surface area contributed by atoms with Crippen LogP contribution in [0.1, 0.15) is 43.6 Å². The molecule has 2 rings (SSSR count). The number of carbonyl (C=O) groups is 1. The Bertz CT molecular complexity index is 403. The number of aryl methyl sites for hydroxylation is 1. The second-order valence-electron chi connectivity index (χ2n) is 5.06. The number of rotatable bonds is 4. The van der Waals surface area contributed by atoms with Gasteiger partial charge in [-0.25, -0.2) is 0 Å². The molecular formula is C13H21N3O2. The number of hydrogen-bond acceptors (Lipinski definition) is 4. The van der Waals surface area contributed by atoms with Crippen LogP contribution >= 0.6 is 0 Å². The molecule has 1 aliphatic carbocycles. The summed E-state index contributed by atoms with van der Waals surface area (Å²) in [6.07, 6.45) is 5.33. The van der Waals surface area contributed by atoms with E-state index in [9.17, 15) is 4.79 Å². The van der Waals surface area contributed by atoms with Crippen LogP contribution in [-0.4, -0.2) is 17.1 Å². The lowest BCUT2D eigenvalue weighted by Gasteiger charge is -2.23. The zero-order valence-electron chi connectivity index (χ0n) is 10.8. The van der Waals surface area contributed by atoms with E-state index < -0.39 is 0 Å². The molecule has 1 fully saturated rings. The summed E-state index contributed by atoms with van der Waals surface area (Å²) in [6, 6.07) is 2.07. The number of nitrogens with one attached hydrogen (secondary N) is 1. The van der Waals surface area contributed by atoms with Gasteiger partial charge in [0.1, 0.15) is 5.76 Å². The fourth-order valence-electron chi connectivity index (χ4n) is 2.63. The normalized spacial score (nSPS) is 24.7. The minimum absolute atomic E-state index is 0.0551. The number of carbonyl (C=O) groups excluding carboxylic acids is 1. The van der Waals surface area contributed by atoms with Crippen molar-refractivity contribution in [1.29, 1.82) is 0 Å². The Labute approximate surface area is 107 Å². The van der Waals surface area contributed by atoms with E-state index in [-0.39, 0.29) is 17.9 Å². The van der Waals surface area contributed by atoms with Crippen molar-refractivity contribution in [3.8, 4) is 0 Å². The van der Waals surface area contributed by atoms with Crippen molar-refractivity contribution in [3.05, 3.63) is 17.5 Å². The summed E-state index contributed by atoms with van der Waals surface area (Å²) in [5, 5.41) is 7.34. The fraction of sp³-hybridized carbons (Fsp3) is 0.692. The van der Waals surface area contributed by atoms with Crippen molar-refractivity contribution < 1.29 is 9.32 Å². The molecule has 0 bridgehead atoms. The van der Waals surface area contributed by atoms with Gasteiger partial charge in [-0.3, -0.25) is 4.79 Å². The second kappa shape index (κ2) is 6.00. The van der Waals surface area contributed by atoms with E-state index >= 15 is 0 Å². The van der Waals surface area contributed by atoms with Crippen molar-refractivity contribution >= 4 is 5.91 Å². The lowest BCUT2D eigenvalue weighted by Crippen LogP contribution is -2.41. The van der Waals surface area contributed by atoms with E-state index in [1.54, 1.807) is 0 Å². The quantitative estimate of drug-likeness (QED) is 0.795. The average molecular weight is 251 g/mol. The van der Waals surface area contributed by atoms with Crippen molar-refractivity contribution in [2.75, 3.05) is 0 Å². The second-order valence-corrected chi connectivity index (χ2v) is 5.06. The maximum atomic E-state index is 11.5. The zero-order valence-corrected chi connectivity index (χ0v) is 10.8. The van der Waals surface area contributed by atoms with E-state index in [1.807, 2.05) is 13.0 Å². The van der Waals surface area contributed by atoms with Crippen LogP contribution in [0, 0.1) is 12.8 Å². The first kappa shape index (κ1) is 13.1. The molecule has 0 saturated heterocycles. The Kier molecular flexibility index (Phi) is 4.36. The number of amides is 1. The highest BCUT2D eigenvalue weighted by molar-refractivity contribution is 5.77. The number of nitrogens with two attached hydrogens (primary N) is 1. The molecule has 0 spiro atoms. The first-order chi connectivity index (χ1) is 8.66. The van der Waals surface area contributed by atoms with E-state index in [0.29, 0.717) is 6.54 Å². The lowest BCUT2D eigenvalue weighted by atomic mass is 9.94. The number of primary amides is 1. The number of nitrogens with zero attached hydrogens (tertiary/aromatic N) is 1. The Morgan fingerprint density at radius 1 is 1.50 bits per heavy atom. The maximum Gasteiger partial charge on any atom is 0.222 e. The Morgan fingerprint density at radius 2 is 2.28 bits per heavy atom. The Balaban J connectivity index is 1.94. The summed E-state index contributed by atoms with van der Waals surface area (Å²) >= 11 is 0. The summed E-state index contributed by atoms with van der Waals surface area (Å²) in [4.78, 5) is 11.5. The smallest absolute Gasteiger partial charge is 0.222 e. The molecule has 100 valence electrons. The van der Waals surface area contributed by atoms with Crippen molar-refractivity contribution in [3.63, 3.8) is 0 Å². The molecule has 18 heavy (non-hydrogen) atoms. The maximum absolute atomic E-state index is 11.5. The van der Waals surface area contributed by atoms with Gasteiger partial charge >= 0.3 is 0 Å². The van der Waals surface area contributed by atoms with Crippen LogP contribution in [0.2, 0.25) is 0 Å². The molecule has 5 nitrogen and oxygen atoms in total. The first-order valence-electron chi connectivity index (χ1n) is 6.61. The molecule has 3 N–H and O–H groups in total. The van der Waals surface area contributed by atoms with Gasteiger partial charge in [0, 0.05) is 18.7 Å². The van der Waals surface area contributed by atoms with E-state index in [4.69, 9.17) is 10.3 Å². The molecule has 1 amide bonds. The van der Waals surface area contributed by atoms with Crippen LogP contribution in [0.15, 0.2) is 10.6 Å². The third kappa shape index (κ3) is 3.32. The van der Waals surface area contributed by atoms with Gasteiger partial charge in [-0.05, 0) is 19.8 Å². The van der Waals surface area contributed by atoms with Crippen LogP contribution in [0.4, 0.5) is 0 Å². The molecule has 1 saturated carbocycles. The van der Waals surface area contributed by atoms with Crippen LogP contribution in [-0.2, 0) is 11.3 Å². The third-order valence-electron chi connectivity index (χ3n) is 3.60. The van der Waals surface area contributed by atoms with Crippen molar-refractivity contribution in [2.45, 2.75) is 51.6 Å². The molecule has 0 aromatic carbocycles. The van der Waals surface area contributed by atoms with Gasteiger partial charge in [0.25, 0.3) is 0 Å². The predicted molar refractivity (Wildman–Crippen MR) is 67.6 cm³/mol. The molecule has 1 aromatic heterocycles. The molecule has 5 heteroatoms. The van der Waals surface area contributed by atoms with Gasteiger partial charge in [-0.2, -0.15) is 0 Å². The monoisotopic (exact) mass is 251 g/mol. The highest BCUT2D eigenvalue weighted by Gasteiger charge is 2.27. The van der Waals surface area contributed by atoms with Crippen LogP contribution < -0.4 is 11.1 Å². The molecule has 0 unspecified atom stereocenters. The van der Waals surface area contributed by atoms with Crippen LogP contribution in [0.25, 0.3) is 0 Å². The van der Waals surface area contributed by atoms with E-state index in [1.165, 1.54) is 6.42 Å². The van der Waals surface area contributed by atoms with Crippen molar-refractivity contribution in [2.24, 2.45) is 11.7 Å². The summed E-state index contributed by atoms with van der Waals surface area (Å²) in [7, 11) is 0. The van der Waals surface area contributed by atoms with Crippen LogP contribution in [0.5, 0.6) is 0 Å². The molecular weight excluding hydrogens is 230 g/mol. The van der Waals surface area contributed by atoms with Crippen molar-refractivity contribution in [1.82, 2.24) is 10.5 Å². The highest BCUT2D eigenvalue weighted by atomic mass is 16.5. The SMILES string of the molecule is Cc1cc(CN[C@@H]2CCCCC[C@H]2C(N)=O)no1. The predicted octanol–water partition coefficient (Wildman–Crippen LogP) is 1.51. The molecule has 1 heterocycles. The summed E-state index contributed by atoms with van der Waals surface area (Å²) < 4.78 is 5.02. The van der Waals surface area contributed by atoms with Gasteiger partial charge in [-0.1, -0.05) is 24.4 Å². The van der Waals surface area contributed by atoms with Gasteiger partial charge < -0.3 is 15.6 Å². The first-order valence-corrected chi connectivity index (χ1v) is 6.61. The van der Waals surface area contributed by atoms with E-state index in [2.05, 4.69) is 10.5 Å². The fourth-order valence-corrected chi connectivity index (χ4v) is 2.63. The summed E-state index contributed by atoms with van der Waals surface area (Å²) in [5.74, 6) is 0.561. The standard InChI is InChI=1S/C13H21N3O2/c1-9-7-10(16-18-9)8-15-12-6-4-2-3-5-11(12)13(14)17/h7,11-12,15H,2-6,8H2,1H3,(H2,14,17)/t11-,12-/m1/s1. The van der Waals surface area contributed by atoms with Gasteiger partial charge in [0.05, 0.1) is 11.6 Å². The molecule has 1 aromatic rings. The molecule has 1 aliphatic rings. The lowest BCUT2D eigenvalue weighted by molar-refractivity contribution is -0.122. The summed E-state index contributed by atoms with van der Waals surface area (Å²) in [6.45, 7) is 2.50. The largest absolute Gasteiger partial charge is 0.369 e. The minimum atomic E-state index is -0.189. The average Bonchev–Trinajstić information content (AvgIpc) is 2.62. The third-order valence-corrected chi connectivity index (χ3v) is 3.60. The van der Waals surface area contributed by atoms with Gasteiger partial charge in [-0.15, -0.1) is 0 Å². The van der Waals surface area contributed by atoms with Gasteiger partial charge in [0.2, 0.25) is 5.91 Å². The summed E-state index contributed by atoms with van der Waals surface area (Å²) in [5.41, 5.74) is 6.36. The van der Waals surface area contributed by atoms with Crippen LogP contribution in [0.3, 0.4) is 0 Å². The minimum Gasteiger partial charge on any atom is -0.369 e. The molecule has 0 radical (unpaired) electrons. The number of aromatic nitrogens is 1.